The average Bonchev–Trinajstić information content (AvgIpc) is 2.44. The maximum atomic E-state index is 12.8. The van der Waals surface area contributed by atoms with Crippen molar-refractivity contribution in [2.24, 2.45) is 11.7 Å². The minimum Gasteiger partial charge on any atom is -0.445 e. The monoisotopic (exact) mass is 302 g/mol. The lowest BCUT2D eigenvalue weighted by Crippen LogP contribution is -2.52. The van der Waals surface area contributed by atoms with Gasteiger partial charge >= 0.3 is 12.3 Å². The predicted octanol–water partition coefficient (Wildman–Crippen LogP) is 2.53. The van der Waals surface area contributed by atoms with E-state index in [4.69, 9.17) is 10.5 Å². The first-order chi connectivity index (χ1) is 9.86. The Morgan fingerprint density at radius 3 is 2.57 bits per heavy atom. The van der Waals surface area contributed by atoms with E-state index < -0.39 is 30.8 Å². The zero-order chi connectivity index (χ0) is 15.5. The van der Waals surface area contributed by atoms with Crippen LogP contribution in [0.15, 0.2) is 30.3 Å². The summed E-state index contributed by atoms with van der Waals surface area (Å²) in [6, 6.07) is 8.26. The average molecular weight is 302 g/mol. The molecule has 0 radical (unpaired) electrons. The maximum Gasteiger partial charge on any atom is 0.410 e. The molecule has 0 spiro atoms. The van der Waals surface area contributed by atoms with E-state index in [1.165, 1.54) is 0 Å². The van der Waals surface area contributed by atoms with Crippen LogP contribution in [0.3, 0.4) is 0 Å². The molecule has 2 atom stereocenters. The first kappa shape index (κ1) is 15.6. The maximum absolute atomic E-state index is 12.8. The van der Waals surface area contributed by atoms with Crippen molar-refractivity contribution in [3.63, 3.8) is 0 Å². The highest BCUT2D eigenvalue weighted by molar-refractivity contribution is 5.67. The number of carbonyl (C=O) groups excluding carboxylic acids is 1. The lowest BCUT2D eigenvalue weighted by molar-refractivity contribution is -0.186. The summed E-state index contributed by atoms with van der Waals surface area (Å²) in [5.74, 6) is -1.59. The number of benzene rings is 1. The molecule has 0 unspecified atom stereocenters. The number of amides is 1. The van der Waals surface area contributed by atoms with Crippen LogP contribution in [0.1, 0.15) is 12.0 Å². The summed E-state index contributed by atoms with van der Waals surface area (Å²) in [4.78, 5) is 12.9. The van der Waals surface area contributed by atoms with Gasteiger partial charge in [-0.25, -0.2) is 4.79 Å². The molecule has 1 saturated heterocycles. The Kier molecular flexibility index (Phi) is 4.72. The summed E-state index contributed by atoms with van der Waals surface area (Å²) in [5.41, 5.74) is 6.39. The van der Waals surface area contributed by atoms with Crippen LogP contribution in [0.25, 0.3) is 0 Å². The molecule has 2 N–H and O–H groups in total. The second kappa shape index (κ2) is 6.34. The molecule has 0 bridgehead atoms. The van der Waals surface area contributed by atoms with E-state index in [1.807, 2.05) is 6.07 Å². The van der Waals surface area contributed by atoms with Crippen molar-refractivity contribution in [2.75, 3.05) is 13.1 Å². The summed E-state index contributed by atoms with van der Waals surface area (Å²) >= 11 is 0. The van der Waals surface area contributed by atoms with Crippen molar-refractivity contribution >= 4 is 6.09 Å². The van der Waals surface area contributed by atoms with E-state index in [0.29, 0.717) is 0 Å². The van der Waals surface area contributed by atoms with Crippen molar-refractivity contribution in [3.05, 3.63) is 35.9 Å². The van der Waals surface area contributed by atoms with Gasteiger partial charge in [0.15, 0.2) is 0 Å². The topological polar surface area (TPSA) is 55.6 Å². The number of carbonyl (C=O) groups is 1. The number of rotatable bonds is 2. The van der Waals surface area contributed by atoms with Gasteiger partial charge < -0.3 is 15.4 Å². The van der Waals surface area contributed by atoms with Crippen LogP contribution in [0.5, 0.6) is 0 Å². The molecule has 21 heavy (non-hydrogen) atoms. The molecule has 0 aromatic heterocycles. The molecule has 0 aliphatic carbocycles. The molecular weight excluding hydrogens is 285 g/mol. The van der Waals surface area contributed by atoms with E-state index in [0.717, 1.165) is 10.5 Å². The standard InChI is InChI=1S/C14H17F3N2O2/c15-14(16,17)11-6-12(18)8-19(7-11)13(20)21-9-10-4-2-1-3-5-10/h1-5,11-12H,6-9,18H2/t11-,12-/m0/s1. The lowest BCUT2D eigenvalue weighted by Gasteiger charge is -2.36. The molecular formula is C14H17F3N2O2. The van der Waals surface area contributed by atoms with Crippen LogP contribution in [-0.4, -0.2) is 36.3 Å². The molecule has 116 valence electrons. The van der Waals surface area contributed by atoms with Crippen LogP contribution in [0.4, 0.5) is 18.0 Å². The number of nitrogens with two attached hydrogens (primary N) is 1. The minimum absolute atomic E-state index is 0.0299. The molecule has 0 saturated carbocycles. The number of piperidine rings is 1. The zero-order valence-corrected chi connectivity index (χ0v) is 11.3. The molecule has 1 aromatic rings. The number of alkyl halides is 3. The Labute approximate surface area is 120 Å². The molecule has 1 heterocycles. The summed E-state index contributed by atoms with van der Waals surface area (Å²) in [6.45, 7) is -0.285. The largest absolute Gasteiger partial charge is 0.445 e. The van der Waals surface area contributed by atoms with Gasteiger partial charge in [-0.1, -0.05) is 30.3 Å². The predicted molar refractivity (Wildman–Crippen MR) is 70.3 cm³/mol. The summed E-state index contributed by atoms with van der Waals surface area (Å²) in [7, 11) is 0. The third-order valence-corrected chi connectivity index (χ3v) is 3.41. The second-order valence-electron chi connectivity index (χ2n) is 5.18. The Morgan fingerprint density at radius 2 is 1.95 bits per heavy atom. The highest BCUT2D eigenvalue weighted by atomic mass is 19.4. The Balaban J connectivity index is 1.92. The first-order valence-corrected chi connectivity index (χ1v) is 6.64. The number of likely N-dealkylation sites (tertiary alicyclic amines) is 1. The number of hydrogen-bond donors (Lipinski definition) is 1. The normalized spacial score (nSPS) is 23.0. The molecule has 1 aliphatic heterocycles. The first-order valence-electron chi connectivity index (χ1n) is 6.64. The van der Waals surface area contributed by atoms with E-state index >= 15 is 0 Å². The van der Waals surface area contributed by atoms with Crippen molar-refractivity contribution < 1.29 is 22.7 Å². The highest BCUT2D eigenvalue weighted by Gasteiger charge is 2.45. The molecule has 2 rings (SSSR count). The third kappa shape index (κ3) is 4.35. The van der Waals surface area contributed by atoms with Gasteiger partial charge in [0.2, 0.25) is 0 Å². The number of hydrogen-bond acceptors (Lipinski definition) is 3. The van der Waals surface area contributed by atoms with Crippen molar-refractivity contribution in [2.45, 2.75) is 25.2 Å². The van der Waals surface area contributed by atoms with Gasteiger partial charge in [-0.05, 0) is 12.0 Å². The van der Waals surface area contributed by atoms with Gasteiger partial charge in [-0.2, -0.15) is 13.2 Å². The number of ether oxygens (including phenoxy) is 1. The lowest BCUT2D eigenvalue weighted by atomic mass is 9.94. The fourth-order valence-electron chi connectivity index (χ4n) is 2.33. The van der Waals surface area contributed by atoms with Crippen LogP contribution < -0.4 is 5.73 Å². The van der Waals surface area contributed by atoms with Gasteiger partial charge in [-0.3, -0.25) is 0 Å². The van der Waals surface area contributed by atoms with Crippen LogP contribution in [0.2, 0.25) is 0 Å². The SMILES string of the molecule is N[C@H]1C[C@H](C(F)(F)F)CN(C(=O)OCc2ccccc2)C1. The smallest absolute Gasteiger partial charge is 0.410 e. The fourth-order valence-corrected chi connectivity index (χ4v) is 2.33. The summed E-state index contributed by atoms with van der Waals surface area (Å²) < 4.78 is 43.3. The summed E-state index contributed by atoms with van der Waals surface area (Å²) in [5, 5.41) is 0. The van der Waals surface area contributed by atoms with Crippen molar-refractivity contribution in [1.82, 2.24) is 4.90 Å². The van der Waals surface area contributed by atoms with Crippen LogP contribution in [0, 0.1) is 5.92 Å². The third-order valence-electron chi connectivity index (χ3n) is 3.41. The van der Waals surface area contributed by atoms with Crippen molar-refractivity contribution in [1.29, 1.82) is 0 Å². The fraction of sp³-hybridized carbons (Fsp3) is 0.500. The van der Waals surface area contributed by atoms with E-state index in [-0.39, 0.29) is 19.6 Å². The highest BCUT2D eigenvalue weighted by Crippen LogP contribution is 2.33. The van der Waals surface area contributed by atoms with Gasteiger partial charge in [0.1, 0.15) is 6.61 Å². The van der Waals surface area contributed by atoms with Crippen LogP contribution >= 0.6 is 0 Å². The number of halogens is 3. The summed E-state index contributed by atoms with van der Waals surface area (Å²) in [6.07, 6.45) is -5.27. The van der Waals surface area contributed by atoms with Crippen molar-refractivity contribution in [3.8, 4) is 0 Å². The van der Waals surface area contributed by atoms with Gasteiger partial charge in [0, 0.05) is 19.1 Å². The van der Waals surface area contributed by atoms with Gasteiger partial charge in [0.25, 0.3) is 0 Å². The Morgan fingerprint density at radius 1 is 1.29 bits per heavy atom. The van der Waals surface area contributed by atoms with E-state index in [2.05, 4.69) is 0 Å². The van der Waals surface area contributed by atoms with Gasteiger partial charge in [-0.15, -0.1) is 0 Å². The second-order valence-corrected chi connectivity index (χ2v) is 5.18. The minimum atomic E-state index is -4.35. The Hall–Kier alpha value is -1.76. The quantitative estimate of drug-likeness (QED) is 0.913. The Bertz CT molecular complexity index is 479. The molecule has 4 nitrogen and oxygen atoms in total. The van der Waals surface area contributed by atoms with E-state index in [9.17, 15) is 18.0 Å². The molecule has 1 fully saturated rings. The molecule has 1 aromatic carbocycles. The zero-order valence-electron chi connectivity index (χ0n) is 11.3. The molecule has 1 aliphatic rings. The molecule has 7 heteroatoms. The molecule has 1 amide bonds. The number of nitrogens with zero attached hydrogens (tertiary/aromatic N) is 1. The van der Waals surface area contributed by atoms with Crippen LogP contribution in [-0.2, 0) is 11.3 Å². The van der Waals surface area contributed by atoms with E-state index in [1.54, 1.807) is 24.3 Å². The van der Waals surface area contributed by atoms with Gasteiger partial charge in [0.05, 0.1) is 5.92 Å².